The van der Waals surface area contributed by atoms with E-state index in [9.17, 15) is 31.2 Å². The van der Waals surface area contributed by atoms with Gasteiger partial charge in [-0.2, -0.15) is 13.2 Å². The van der Waals surface area contributed by atoms with Crippen LogP contribution in [0.5, 0.6) is 0 Å². The molecule has 0 aliphatic carbocycles. The molecule has 43 heavy (non-hydrogen) atoms. The SMILES string of the molecule is Cc1ccccc1CN(C(=O)CCCN(c1cccc(C(F)(F)F)c1)S(C)(=O)=O)C(Cc1ccccc1)C(=O)NC(C)C. The van der Waals surface area contributed by atoms with Crippen LogP contribution in [0.15, 0.2) is 78.9 Å². The number of carbonyl (C=O) groups is 2. The second-order valence-corrected chi connectivity index (χ2v) is 12.7. The van der Waals surface area contributed by atoms with Crippen molar-refractivity contribution >= 4 is 27.5 Å². The number of hydrogen-bond donors (Lipinski definition) is 1. The molecule has 2 amide bonds. The summed E-state index contributed by atoms with van der Waals surface area (Å²) in [4.78, 5) is 28.9. The van der Waals surface area contributed by atoms with E-state index < -0.39 is 27.8 Å². The first-order valence-electron chi connectivity index (χ1n) is 14.0. The molecule has 11 heteroatoms. The number of halogens is 3. The molecule has 7 nitrogen and oxygen atoms in total. The van der Waals surface area contributed by atoms with Gasteiger partial charge in [-0.3, -0.25) is 13.9 Å². The number of benzene rings is 3. The average molecular weight is 618 g/mol. The number of rotatable bonds is 13. The maximum absolute atomic E-state index is 13.9. The summed E-state index contributed by atoms with van der Waals surface area (Å²) in [7, 11) is -3.96. The molecule has 1 unspecified atom stereocenters. The average Bonchev–Trinajstić information content (AvgIpc) is 2.93. The van der Waals surface area contributed by atoms with Gasteiger partial charge in [0.15, 0.2) is 0 Å². The normalized spacial score (nSPS) is 12.6. The van der Waals surface area contributed by atoms with E-state index in [1.54, 1.807) is 0 Å². The third-order valence-electron chi connectivity index (χ3n) is 6.92. The predicted octanol–water partition coefficient (Wildman–Crippen LogP) is 5.72. The number of nitrogens with one attached hydrogen (secondary N) is 1. The Balaban J connectivity index is 1.90. The maximum atomic E-state index is 13.9. The lowest BCUT2D eigenvalue weighted by molar-refractivity contribution is -0.141. The molecule has 1 atom stereocenters. The number of sulfonamides is 1. The highest BCUT2D eigenvalue weighted by Gasteiger charge is 2.33. The van der Waals surface area contributed by atoms with Gasteiger partial charge in [0.25, 0.3) is 0 Å². The zero-order chi connectivity index (χ0) is 31.8. The summed E-state index contributed by atoms with van der Waals surface area (Å²) in [5, 5.41) is 2.92. The Morgan fingerprint density at radius 1 is 0.930 bits per heavy atom. The van der Waals surface area contributed by atoms with Crippen LogP contribution < -0.4 is 9.62 Å². The van der Waals surface area contributed by atoms with Gasteiger partial charge < -0.3 is 10.2 Å². The van der Waals surface area contributed by atoms with Gasteiger partial charge in [0.1, 0.15) is 6.04 Å². The van der Waals surface area contributed by atoms with Gasteiger partial charge in [-0.05, 0) is 62.1 Å². The van der Waals surface area contributed by atoms with E-state index in [0.29, 0.717) is 0 Å². The van der Waals surface area contributed by atoms with Crippen molar-refractivity contribution < 1.29 is 31.2 Å². The zero-order valence-corrected chi connectivity index (χ0v) is 25.6. The molecule has 0 radical (unpaired) electrons. The molecular weight excluding hydrogens is 579 g/mol. The Morgan fingerprint density at radius 2 is 1.58 bits per heavy atom. The molecule has 0 saturated heterocycles. The standard InChI is InChI=1S/C32H38F3N3O4S/c1-23(2)36-31(40)29(20-25-13-6-5-7-14-25)37(22-26-15-9-8-12-24(26)3)30(39)18-11-19-38(43(4,41)42)28-17-10-16-27(21-28)32(33,34)35/h5-10,12-17,21,23,29H,11,18-20,22H2,1-4H3,(H,36,40). The number of hydrogen-bond acceptors (Lipinski definition) is 4. The van der Waals surface area contributed by atoms with E-state index in [0.717, 1.165) is 45.5 Å². The summed E-state index contributed by atoms with van der Waals surface area (Å²) in [6.07, 6.45) is -3.58. The Bertz CT molecular complexity index is 1490. The summed E-state index contributed by atoms with van der Waals surface area (Å²) in [6, 6.07) is 19.9. The third-order valence-corrected chi connectivity index (χ3v) is 8.11. The Kier molecular flexibility index (Phi) is 11.4. The third kappa shape index (κ3) is 9.84. The Morgan fingerprint density at radius 3 is 2.19 bits per heavy atom. The van der Waals surface area contributed by atoms with Crippen LogP contribution in [0.25, 0.3) is 0 Å². The van der Waals surface area contributed by atoms with E-state index in [1.807, 2.05) is 75.4 Å². The van der Waals surface area contributed by atoms with Gasteiger partial charge in [0.2, 0.25) is 21.8 Å². The van der Waals surface area contributed by atoms with Crippen molar-refractivity contribution in [3.63, 3.8) is 0 Å². The van der Waals surface area contributed by atoms with Crippen LogP contribution in [-0.2, 0) is 38.8 Å². The van der Waals surface area contributed by atoms with Crippen LogP contribution in [-0.4, -0.2) is 50.0 Å². The summed E-state index contributed by atoms with van der Waals surface area (Å²) < 4.78 is 66.0. The van der Waals surface area contributed by atoms with Crippen molar-refractivity contribution in [3.8, 4) is 0 Å². The van der Waals surface area contributed by atoms with Gasteiger partial charge in [0.05, 0.1) is 17.5 Å². The molecule has 3 aromatic carbocycles. The number of carbonyl (C=O) groups excluding carboxylic acids is 2. The molecule has 0 fully saturated rings. The van der Waals surface area contributed by atoms with Gasteiger partial charge in [-0.25, -0.2) is 8.42 Å². The fourth-order valence-corrected chi connectivity index (χ4v) is 5.70. The fourth-order valence-electron chi connectivity index (χ4n) is 4.75. The lowest BCUT2D eigenvalue weighted by Crippen LogP contribution is -2.52. The first-order valence-corrected chi connectivity index (χ1v) is 15.8. The summed E-state index contributed by atoms with van der Waals surface area (Å²) in [6.45, 7) is 5.51. The van der Waals surface area contributed by atoms with Crippen molar-refractivity contribution in [3.05, 3.63) is 101 Å². The van der Waals surface area contributed by atoms with Crippen molar-refractivity contribution in [1.82, 2.24) is 10.2 Å². The molecule has 0 saturated carbocycles. The van der Waals surface area contributed by atoms with Gasteiger partial charge in [-0.15, -0.1) is 0 Å². The topological polar surface area (TPSA) is 86.8 Å². The van der Waals surface area contributed by atoms with Gasteiger partial charge >= 0.3 is 6.18 Å². The van der Waals surface area contributed by atoms with Crippen LogP contribution >= 0.6 is 0 Å². The molecule has 3 aromatic rings. The molecule has 0 aromatic heterocycles. The monoisotopic (exact) mass is 617 g/mol. The minimum Gasteiger partial charge on any atom is -0.352 e. The quantitative estimate of drug-likeness (QED) is 0.266. The van der Waals surface area contributed by atoms with Gasteiger partial charge in [0, 0.05) is 32.0 Å². The number of anilines is 1. The number of aryl methyl sites for hydroxylation is 1. The van der Waals surface area contributed by atoms with Crippen LogP contribution in [0, 0.1) is 6.92 Å². The molecule has 0 spiro atoms. The van der Waals surface area contributed by atoms with Gasteiger partial charge in [-0.1, -0.05) is 60.7 Å². The van der Waals surface area contributed by atoms with E-state index >= 15 is 0 Å². The maximum Gasteiger partial charge on any atom is 0.416 e. The molecule has 0 heterocycles. The van der Waals surface area contributed by atoms with E-state index in [1.165, 1.54) is 11.0 Å². The Hall–Kier alpha value is -3.86. The largest absolute Gasteiger partial charge is 0.416 e. The molecule has 1 N–H and O–H groups in total. The van der Waals surface area contributed by atoms with E-state index in [2.05, 4.69) is 5.32 Å². The van der Waals surface area contributed by atoms with Crippen molar-refractivity contribution in [2.24, 2.45) is 0 Å². The molecular formula is C32H38F3N3O4S. The highest BCUT2D eigenvalue weighted by Crippen LogP contribution is 2.32. The summed E-state index contributed by atoms with van der Waals surface area (Å²) in [5.74, 6) is -0.692. The summed E-state index contributed by atoms with van der Waals surface area (Å²) in [5.41, 5.74) is 1.55. The first-order chi connectivity index (χ1) is 20.2. The number of alkyl halides is 3. The molecule has 0 aliphatic heterocycles. The molecule has 0 bridgehead atoms. The zero-order valence-electron chi connectivity index (χ0n) is 24.8. The lowest BCUT2D eigenvalue weighted by atomic mass is 10.0. The Labute approximate surface area is 251 Å². The van der Waals surface area contributed by atoms with Crippen LogP contribution in [0.4, 0.5) is 18.9 Å². The molecule has 232 valence electrons. The number of amides is 2. The van der Waals surface area contributed by atoms with Crippen LogP contribution in [0.3, 0.4) is 0 Å². The van der Waals surface area contributed by atoms with Crippen molar-refractivity contribution in [1.29, 1.82) is 0 Å². The predicted molar refractivity (Wildman–Crippen MR) is 162 cm³/mol. The highest BCUT2D eigenvalue weighted by molar-refractivity contribution is 7.92. The van der Waals surface area contributed by atoms with Crippen LogP contribution in [0.1, 0.15) is 48.9 Å². The molecule has 0 aliphatic rings. The first kappa shape index (κ1) is 33.6. The summed E-state index contributed by atoms with van der Waals surface area (Å²) >= 11 is 0. The molecule has 3 rings (SSSR count). The second-order valence-electron chi connectivity index (χ2n) is 10.8. The minimum absolute atomic E-state index is 0.0241. The van der Waals surface area contributed by atoms with Crippen LogP contribution in [0.2, 0.25) is 0 Å². The smallest absolute Gasteiger partial charge is 0.352 e. The van der Waals surface area contributed by atoms with E-state index in [4.69, 9.17) is 0 Å². The fraction of sp³-hybridized carbons (Fsp3) is 0.375. The minimum atomic E-state index is -4.64. The van der Waals surface area contributed by atoms with Crippen molar-refractivity contribution in [2.75, 3.05) is 17.1 Å². The van der Waals surface area contributed by atoms with E-state index in [-0.39, 0.29) is 55.9 Å². The highest BCUT2D eigenvalue weighted by atomic mass is 32.2. The lowest BCUT2D eigenvalue weighted by Gasteiger charge is -2.33. The van der Waals surface area contributed by atoms with Crippen molar-refractivity contribution in [2.45, 2.75) is 64.8 Å². The number of nitrogens with zero attached hydrogens (tertiary/aromatic N) is 2. The second kappa shape index (κ2) is 14.5.